The van der Waals surface area contributed by atoms with Crippen molar-refractivity contribution in [1.29, 1.82) is 0 Å². The summed E-state index contributed by atoms with van der Waals surface area (Å²) in [6.45, 7) is 5.57. The SMILES string of the molecule is CCN(CC)C(=O)c1cccc(NC(=O)CCC(=O)OCCOC)c1. The molecule has 2 amide bonds. The Morgan fingerprint density at radius 3 is 2.44 bits per heavy atom. The molecule has 0 aliphatic carbocycles. The fraction of sp³-hybridized carbons (Fsp3) is 0.500. The first-order valence-corrected chi connectivity index (χ1v) is 8.35. The lowest BCUT2D eigenvalue weighted by atomic mass is 10.1. The summed E-state index contributed by atoms with van der Waals surface area (Å²) in [7, 11) is 1.51. The number of anilines is 1. The smallest absolute Gasteiger partial charge is 0.306 e. The number of amides is 2. The maximum atomic E-state index is 12.3. The van der Waals surface area contributed by atoms with Gasteiger partial charge in [-0.3, -0.25) is 14.4 Å². The number of carbonyl (C=O) groups is 3. The first kappa shape index (κ1) is 20.6. The van der Waals surface area contributed by atoms with Gasteiger partial charge in [-0.15, -0.1) is 0 Å². The minimum Gasteiger partial charge on any atom is -0.463 e. The van der Waals surface area contributed by atoms with Crippen molar-refractivity contribution in [3.05, 3.63) is 29.8 Å². The van der Waals surface area contributed by atoms with Gasteiger partial charge in [0.25, 0.3) is 5.91 Å². The Kier molecular flexibility index (Phi) is 9.24. The fourth-order valence-corrected chi connectivity index (χ4v) is 2.17. The highest BCUT2D eigenvalue weighted by atomic mass is 16.6. The second kappa shape index (κ2) is 11.2. The molecule has 0 aromatic heterocycles. The summed E-state index contributed by atoms with van der Waals surface area (Å²) in [5.74, 6) is -0.836. The molecule has 0 unspecified atom stereocenters. The van der Waals surface area contributed by atoms with Crippen molar-refractivity contribution in [2.45, 2.75) is 26.7 Å². The van der Waals surface area contributed by atoms with E-state index < -0.39 is 5.97 Å². The molecule has 7 heteroatoms. The average Bonchev–Trinajstić information content (AvgIpc) is 2.61. The quantitative estimate of drug-likeness (QED) is 0.516. The van der Waals surface area contributed by atoms with Gasteiger partial charge in [0.2, 0.25) is 5.91 Å². The minimum absolute atomic E-state index is 0.00633. The van der Waals surface area contributed by atoms with E-state index in [4.69, 9.17) is 9.47 Å². The van der Waals surface area contributed by atoms with E-state index in [1.54, 1.807) is 29.2 Å². The molecular formula is C18H26N2O5. The second-order valence-electron chi connectivity index (χ2n) is 5.32. The molecule has 0 radical (unpaired) electrons. The van der Waals surface area contributed by atoms with E-state index in [2.05, 4.69) is 5.32 Å². The molecule has 0 aliphatic rings. The number of rotatable bonds is 10. The van der Waals surface area contributed by atoms with Crippen LogP contribution in [0.25, 0.3) is 0 Å². The first-order valence-electron chi connectivity index (χ1n) is 8.35. The van der Waals surface area contributed by atoms with Crippen LogP contribution >= 0.6 is 0 Å². The third-order valence-corrected chi connectivity index (χ3v) is 3.55. The molecule has 1 aromatic rings. The normalized spacial score (nSPS) is 10.2. The molecule has 0 atom stereocenters. The maximum absolute atomic E-state index is 12.3. The molecule has 0 heterocycles. The Morgan fingerprint density at radius 2 is 1.80 bits per heavy atom. The van der Waals surface area contributed by atoms with Gasteiger partial charge in [0, 0.05) is 37.9 Å². The largest absolute Gasteiger partial charge is 0.463 e. The molecule has 1 rings (SSSR count). The molecule has 0 spiro atoms. The van der Waals surface area contributed by atoms with Crippen LogP contribution < -0.4 is 5.32 Å². The van der Waals surface area contributed by atoms with Crippen molar-refractivity contribution in [3.8, 4) is 0 Å². The van der Waals surface area contributed by atoms with E-state index in [0.717, 1.165) is 0 Å². The number of hydrogen-bond donors (Lipinski definition) is 1. The van der Waals surface area contributed by atoms with Gasteiger partial charge in [0.1, 0.15) is 6.61 Å². The number of esters is 1. The van der Waals surface area contributed by atoms with Gasteiger partial charge in [0.15, 0.2) is 0 Å². The molecule has 0 saturated carbocycles. The van der Waals surface area contributed by atoms with Gasteiger partial charge in [-0.2, -0.15) is 0 Å². The lowest BCUT2D eigenvalue weighted by Crippen LogP contribution is -2.30. The molecule has 0 fully saturated rings. The molecule has 138 valence electrons. The predicted octanol–water partition coefficient (Wildman–Crippen LogP) is 2.08. The van der Waals surface area contributed by atoms with Crippen molar-refractivity contribution < 1.29 is 23.9 Å². The van der Waals surface area contributed by atoms with E-state index >= 15 is 0 Å². The Morgan fingerprint density at radius 1 is 1.08 bits per heavy atom. The van der Waals surface area contributed by atoms with Crippen molar-refractivity contribution >= 4 is 23.5 Å². The Hall–Kier alpha value is -2.41. The zero-order chi connectivity index (χ0) is 18.7. The zero-order valence-electron chi connectivity index (χ0n) is 15.0. The molecule has 7 nitrogen and oxygen atoms in total. The number of methoxy groups -OCH3 is 1. The van der Waals surface area contributed by atoms with Crippen LogP contribution in [0.15, 0.2) is 24.3 Å². The third kappa shape index (κ3) is 7.34. The Labute approximate surface area is 148 Å². The van der Waals surface area contributed by atoms with Gasteiger partial charge >= 0.3 is 5.97 Å². The lowest BCUT2D eigenvalue weighted by Gasteiger charge is -2.19. The molecule has 1 aromatic carbocycles. The minimum atomic E-state index is -0.447. The van der Waals surface area contributed by atoms with Gasteiger partial charge < -0.3 is 19.7 Å². The highest BCUT2D eigenvalue weighted by molar-refractivity contribution is 5.97. The molecule has 0 saturated heterocycles. The number of carbonyl (C=O) groups excluding carboxylic acids is 3. The summed E-state index contributed by atoms with van der Waals surface area (Å²) in [5, 5.41) is 2.69. The van der Waals surface area contributed by atoms with Crippen molar-refractivity contribution in [1.82, 2.24) is 4.90 Å². The summed E-state index contributed by atoms with van der Waals surface area (Å²) in [5.41, 5.74) is 1.04. The van der Waals surface area contributed by atoms with E-state index in [-0.39, 0.29) is 31.3 Å². The highest BCUT2D eigenvalue weighted by Crippen LogP contribution is 2.13. The van der Waals surface area contributed by atoms with E-state index in [9.17, 15) is 14.4 Å². The number of nitrogens with one attached hydrogen (secondary N) is 1. The average molecular weight is 350 g/mol. The molecule has 0 aliphatic heterocycles. The highest BCUT2D eigenvalue weighted by Gasteiger charge is 2.13. The second-order valence-corrected chi connectivity index (χ2v) is 5.32. The van der Waals surface area contributed by atoms with Crippen molar-refractivity contribution in [2.24, 2.45) is 0 Å². The van der Waals surface area contributed by atoms with Crippen LogP contribution in [-0.2, 0) is 19.1 Å². The first-order chi connectivity index (χ1) is 12.0. The van der Waals surface area contributed by atoms with Gasteiger partial charge in [0.05, 0.1) is 13.0 Å². The zero-order valence-corrected chi connectivity index (χ0v) is 15.0. The van der Waals surface area contributed by atoms with Crippen LogP contribution in [0.3, 0.4) is 0 Å². The topological polar surface area (TPSA) is 84.9 Å². The van der Waals surface area contributed by atoms with E-state index in [1.807, 2.05) is 13.8 Å². The number of ether oxygens (including phenoxy) is 2. The monoisotopic (exact) mass is 350 g/mol. The van der Waals surface area contributed by atoms with E-state index in [1.165, 1.54) is 7.11 Å². The van der Waals surface area contributed by atoms with Crippen LogP contribution in [0, 0.1) is 0 Å². The van der Waals surface area contributed by atoms with Crippen molar-refractivity contribution in [3.63, 3.8) is 0 Å². The summed E-state index contributed by atoms with van der Waals surface area (Å²) in [6, 6.07) is 6.76. The lowest BCUT2D eigenvalue weighted by molar-refractivity contribution is -0.145. The number of hydrogen-bond acceptors (Lipinski definition) is 5. The Balaban J connectivity index is 2.54. The van der Waals surface area contributed by atoms with Crippen molar-refractivity contribution in [2.75, 3.05) is 38.7 Å². The summed E-state index contributed by atoms with van der Waals surface area (Å²) in [6.07, 6.45) is 0.00759. The number of benzene rings is 1. The van der Waals surface area contributed by atoms with Crippen LogP contribution in [0.2, 0.25) is 0 Å². The third-order valence-electron chi connectivity index (χ3n) is 3.55. The predicted molar refractivity (Wildman–Crippen MR) is 94.4 cm³/mol. The molecule has 0 bridgehead atoms. The van der Waals surface area contributed by atoms with E-state index in [0.29, 0.717) is 30.9 Å². The summed E-state index contributed by atoms with van der Waals surface area (Å²) < 4.78 is 9.66. The van der Waals surface area contributed by atoms with Crippen LogP contribution in [0.1, 0.15) is 37.0 Å². The van der Waals surface area contributed by atoms with Crippen LogP contribution in [0.4, 0.5) is 5.69 Å². The Bertz CT molecular complexity index is 585. The van der Waals surface area contributed by atoms with Gasteiger partial charge in [-0.05, 0) is 32.0 Å². The standard InChI is InChI=1S/C18H26N2O5/c1-4-20(5-2)18(23)14-7-6-8-15(13-14)19-16(21)9-10-17(22)25-12-11-24-3/h6-8,13H,4-5,9-12H2,1-3H3,(H,19,21). The molecular weight excluding hydrogens is 324 g/mol. The summed E-state index contributed by atoms with van der Waals surface area (Å²) >= 11 is 0. The van der Waals surface area contributed by atoms with Crippen LogP contribution in [0.5, 0.6) is 0 Å². The summed E-state index contributed by atoms with van der Waals surface area (Å²) in [4.78, 5) is 37.4. The molecule has 1 N–H and O–H groups in total. The fourth-order valence-electron chi connectivity index (χ4n) is 2.17. The van der Waals surface area contributed by atoms with Gasteiger partial charge in [-0.25, -0.2) is 0 Å². The maximum Gasteiger partial charge on any atom is 0.306 e. The van der Waals surface area contributed by atoms with Gasteiger partial charge in [-0.1, -0.05) is 6.07 Å². The molecule has 25 heavy (non-hydrogen) atoms. The number of nitrogens with zero attached hydrogens (tertiary/aromatic N) is 1. The van der Waals surface area contributed by atoms with Crippen LogP contribution in [-0.4, -0.2) is 56.1 Å².